The highest BCUT2D eigenvalue weighted by Gasteiger charge is 2.15. The highest BCUT2D eigenvalue weighted by molar-refractivity contribution is 7.97. The second kappa shape index (κ2) is 3.60. The summed E-state index contributed by atoms with van der Waals surface area (Å²) in [6.45, 7) is 0. The number of nitrogens with two attached hydrogens (primary N) is 1. The maximum absolute atomic E-state index is 9.83. The first-order valence-corrected chi connectivity index (χ1v) is 5.41. The molecule has 1 aliphatic carbocycles. The van der Waals surface area contributed by atoms with Gasteiger partial charge in [0.2, 0.25) is 0 Å². The Bertz CT molecular complexity index is 325. The predicted molar refractivity (Wildman–Crippen MR) is 54.8 cm³/mol. The van der Waals surface area contributed by atoms with Crippen LogP contribution in [0.25, 0.3) is 0 Å². The minimum atomic E-state index is 0.407. The zero-order valence-corrected chi connectivity index (χ0v) is 8.23. The highest BCUT2D eigenvalue weighted by Crippen LogP contribution is 2.35. The van der Waals surface area contributed by atoms with Crippen LogP contribution in [-0.4, -0.2) is 5.11 Å². The summed E-state index contributed by atoms with van der Waals surface area (Å²) in [5.41, 5.74) is 2.41. The Labute approximate surface area is 82.3 Å². The monoisotopic (exact) mass is 195 g/mol. The largest absolute Gasteiger partial charge is 0.506 e. The molecule has 0 heterocycles. The SMILES string of the molecule is NSc1ccc2c(c1O)CCCC2. The maximum Gasteiger partial charge on any atom is 0.133 e. The van der Waals surface area contributed by atoms with E-state index in [1.807, 2.05) is 6.07 Å². The number of rotatable bonds is 1. The van der Waals surface area contributed by atoms with Crippen molar-refractivity contribution in [2.24, 2.45) is 5.14 Å². The Balaban J connectivity index is 2.48. The Morgan fingerprint density at radius 3 is 2.77 bits per heavy atom. The summed E-state index contributed by atoms with van der Waals surface area (Å²) in [5.74, 6) is 0.407. The van der Waals surface area contributed by atoms with E-state index < -0.39 is 0 Å². The van der Waals surface area contributed by atoms with Gasteiger partial charge in [0.25, 0.3) is 0 Å². The summed E-state index contributed by atoms with van der Waals surface area (Å²) < 4.78 is 0. The molecule has 0 amide bonds. The fraction of sp³-hybridized carbons (Fsp3) is 0.400. The summed E-state index contributed by atoms with van der Waals surface area (Å²) in [6.07, 6.45) is 4.51. The first-order chi connectivity index (χ1) is 6.33. The Hall–Kier alpha value is -0.670. The average Bonchev–Trinajstić information content (AvgIpc) is 2.19. The van der Waals surface area contributed by atoms with Gasteiger partial charge in [-0.1, -0.05) is 6.07 Å². The number of fused-ring (bicyclic) bond motifs is 1. The molecule has 70 valence electrons. The van der Waals surface area contributed by atoms with Crippen molar-refractivity contribution in [1.82, 2.24) is 0 Å². The van der Waals surface area contributed by atoms with E-state index in [2.05, 4.69) is 6.07 Å². The molecule has 0 saturated carbocycles. The van der Waals surface area contributed by atoms with Crippen molar-refractivity contribution >= 4 is 11.9 Å². The summed E-state index contributed by atoms with van der Waals surface area (Å²) in [4.78, 5) is 0.792. The molecule has 3 N–H and O–H groups in total. The van der Waals surface area contributed by atoms with Gasteiger partial charge in [-0.25, -0.2) is 0 Å². The Kier molecular flexibility index (Phi) is 2.47. The lowest BCUT2D eigenvalue weighted by molar-refractivity contribution is 0.449. The molecule has 0 fully saturated rings. The van der Waals surface area contributed by atoms with E-state index in [-0.39, 0.29) is 0 Å². The van der Waals surface area contributed by atoms with E-state index in [1.54, 1.807) is 0 Å². The topological polar surface area (TPSA) is 46.2 Å². The van der Waals surface area contributed by atoms with Gasteiger partial charge in [-0.05, 0) is 54.8 Å². The van der Waals surface area contributed by atoms with Gasteiger partial charge < -0.3 is 5.11 Å². The van der Waals surface area contributed by atoms with E-state index in [1.165, 1.54) is 18.4 Å². The van der Waals surface area contributed by atoms with Crippen LogP contribution in [0.5, 0.6) is 5.75 Å². The van der Waals surface area contributed by atoms with Gasteiger partial charge in [-0.2, -0.15) is 0 Å². The molecular weight excluding hydrogens is 182 g/mol. The number of hydrogen-bond donors (Lipinski definition) is 2. The van der Waals surface area contributed by atoms with Crippen molar-refractivity contribution in [2.45, 2.75) is 30.6 Å². The fourth-order valence-corrected chi connectivity index (χ4v) is 2.26. The van der Waals surface area contributed by atoms with Crippen LogP contribution in [0.15, 0.2) is 17.0 Å². The van der Waals surface area contributed by atoms with Crippen LogP contribution >= 0.6 is 11.9 Å². The molecule has 0 aromatic heterocycles. The summed E-state index contributed by atoms with van der Waals surface area (Å²) in [5, 5.41) is 15.3. The molecule has 2 nitrogen and oxygen atoms in total. The van der Waals surface area contributed by atoms with Crippen LogP contribution in [-0.2, 0) is 12.8 Å². The van der Waals surface area contributed by atoms with Crippen LogP contribution in [0.3, 0.4) is 0 Å². The molecular formula is C10H13NOS. The molecule has 0 atom stereocenters. The Morgan fingerprint density at radius 1 is 1.23 bits per heavy atom. The van der Waals surface area contributed by atoms with Crippen LogP contribution in [0.1, 0.15) is 24.0 Å². The Morgan fingerprint density at radius 2 is 2.00 bits per heavy atom. The van der Waals surface area contributed by atoms with Gasteiger partial charge in [0.1, 0.15) is 5.75 Å². The number of aryl methyl sites for hydroxylation is 1. The third kappa shape index (κ3) is 1.54. The van der Waals surface area contributed by atoms with Gasteiger partial charge in [-0.15, -0.1) is 0 Å². The molecule has 0 radical (unpaired) electrons. The lowest BCUT2D eigenvalue weighted by Crippen LogP contribution is -2.03. The molecule has 0 aliphatic heterocycles. The molecule has 1 aromatic carbocycles. The van der Waals surface area contributed by atoms with Crippen LogP contribution < -0.4 is 5.14 Å². The predicted octanol–water partition coefficient (Wildman–Crippen LogP) is 2.24. The first-order valence-electron chi connectivity index (χ1n) is 4.53. The minimum Gasteiger partial charge on any atom is -0.506 e. The van der Waals surface area contributed by atoms with Crippen molar-refractivity contribution in [2.75, 3.05) is 0 Å². The third-order valence-corrected chi connectivity index (χ3v) is 3.18. The quantitative estimate of drug-likeness (QED) is 0.675. The van der Waals surface area contributed by atoms with E-state index in [4.69, 9.17) is 5.14 Å². The number of benzene rings is 1. The summed E-state index contributed by atoms with van der Waals surface area (Å²) in [7, 11) is 0. The first kappa shape index (κ1) is 8.91. The average molecular weight is 195 g/mol. The fourth-order valence-electron chi connectivity index (χ4n) is 1.88. The van der Waals surface area contributed by atoms with Crippen molar-refractivity contribution in [3.8, 4) is 5.75 Å². The van der Waals surface area contributed by atoms with Gasteiger partial charge in [0.05, 0.1) is 4.90 Å². The number of phenolic OH excluding ortho intramolecular Hbond substituents is 1. The maximum atomic E-state index is 9.83. The standard InChI is InChI=1S/C10H13NOS/c11-13-9-6-5-7-3-1-2-4-8(7)10(9)12/h5-6,12H,1-4,11H2. The molecule has 3 heteroatoms. The van der Waals surface area contributed by atoms with Crippen molar-refractivity contribution in [3.63, 3.8) is 0 Å². The minimum absolute atomic E-state index is 0.407. The molecule has 1 aliphatic rings. The van der Waals surface area contributed by atoms with E-state index in [9.17, 15) is 5.11 Å². The van der Waals surface area contributed by atoms with E-state index >= 15 is 0 Å². The summed E-state index contributed by atoms with van der Waals surface area (Å²) in [6, 6.07) is 3.99. The molecule has 0 unspecified atom stereocenters. The van der Waals surface area contributed by atoms with Gasteiger partial charge in [-0.3, -0.25) is 5.14 Å². The lowest BCUT2D eigenvalue weighted by Gasteiger charge is -2.17. The van der Waals surface area contributed by atoms with Crippen LogP contribution in [0.2, 0.25) is 0 Å². The lowest BCUT2D eigenvalue weighted by atomic mass is 9.91. The molecule has 0 bridgehead atoms. The van der Waals surface area contributed by atoms with Crippen LogP contribution in [0.4, 0.5) is 0 Å². The normalized spacial score (nSPS) is 15.5. The van der Waals surface area contributed by atoms with Crippen molar-refractivity contribution < 1.29 is 5.11 Å². The van der Waals surface area contributed by atoms with E-state index in [0.29, 0.717) is 5.75 Å². The number of phenols is 1. The molecule has 1 aromatic rings. The molecule has 0 saturated heterocycles. The zero-order chi connectivity index (χ0) is 9.26. The second-order valence-corrected chi connectivity index (χ2v) is 4.05. The molecule has 2 rings (SSSR count). The number of hydrogen-bond acceptors (Lipinski definition) is 3. The van der Waals surface area contributed by atoms with Crippen molar-refractivity contribution in [1.29, 1.82) is 0 Å². The third-order valence-electron chi connectivity index (χ3n) is 2.59. The number of aromatic hydroxyl groups is 1. The molecule has 0 spiro atoms. The van der Waals surface area contributed by atoms with Gasteiger partial charge in [0.15, 0.2) is 0 Å². The zero-order valence-electron chi connectivity index (χ0n) is 7.42. The van der Waals surface area contributed by atoms with Crippen LogP contribution in [0, 0.1) is 0 Å². The van der Waals surface area contributed by atoms with Gasteiger partial charge in [0, 0.05) is 0 Å². The van der Waals surface area contributed by atoms with Crippen molar-refractivity contribution in [3.05, 3.63) is 23.3 Å². The summed E-state index contributed by atoms with van der Waals surface area (Å²) >= 11 is 1.12. The smallest absolute Gasteiger partial charge is 0.133 e. The highest BCUT2D eigenvalue weighted by atomic mass is 32.2. The second-order valence-electron chi connectivity index (χ2n) is 3.37. The van der Waals surface area contributed by atoms with E-state index in [0.717, 1.165) is 35.2 Å². The molecule has 13 heavy (non-hydrogen) atoms. The van der Waals surface area contributed by atoms with Gasteiger partial charge >= 0.3 is 0 Å².